The maximum Gasteiger partial charge on any atom is 0.331 e. The van der Waals surface area contributed by atoms with Gasteiger partial charge in [-0.05, 0) is 88.4 Å². The molecular weight excluding hydrogens is 508 g/mol. The molecule has 0 radical (unpaired) electrons. The maximum absolute atomic E-state index is 12.7. The molecule has 7 nitrogen and oxygen atoms in total. The summed E-state index contributed by atoms with van der Waals surface area (Å²) >= 11 is 0. The van der Waals surface area contributed by atoms with E-state index in [2.05, 4.69) is 19.9 Å². The number of allylic oxidation sites excluding steroid dienone is 1. The normalized spacial score (nSPS) is 30.7. The van der Waals surface area contributed by atoms with Crippen LogP contribution in [0, 0.1) is 5.92 Å². The number of benzene rings is 2. The van der Waals surface area contributed by atoms with Crippen molar-refractivity contribution in [3.63, 3.8) is 0 Å². The number of carbonyl (C=O) groups excluding carboxylic acids is 1. The van der Waals surface area contributed by atoms with Gasteiger partial charge in [0.1, 0.15) is 28.8 Å². The number of carbonyl (C=O) groups is 1. The lowest BCUT2D eigenvalue weighted by Crippen LogP contribution is -2.54. The molecule has 2 unspecified atom stereocenters. The molecule has 3 fully saturated rings. The van der Waals surface area contributed by atoms with Crippen LogP contribution in [0.1, 0.15) is 58.1 Å². The molecule has 0 bridgehead atoms. The Morgan fingerprint density at radius 2 is 1.77 bits per heavy atom. The van der Waals surface area contributed by atoms with E-state index in [-0.39, 0.29) is 17.6 Å². The van der Waals surface area contributed by atoms with Crippen LogP contribution in [0.25, 0.3) is 6.08 Å². The Labute approximate surface area is 236 Å². The minimum absolute atomic E-state index is 0.0316. The second-order valence-corrected chi connectivity index (χ2v) is 11.4. The van der Waals surface area contributed by atoms with Gasteiger partial charge in [-0.2, -0.15) is 0 Å². The van der Waals surface area contributed by atoms with Gasteiger partial charge in [0.25, 0.3) is 0 Å². The first kappa shape index (κ1) is 28.6. The molecule has 0 aromatic heterocycles. The third-order valence-electron chi connectivity index (χ3n) is 8.18. The summed E-state index contributed by atoms with van der Waals surface area (Å²) < 4.78 is 29.1. The minimum atomic E-state index is -0.847. The molecule has 3 aliphatic rings. The van der Waals surface area contributed by atoms with Gasteiger partial charge in [-0.1, -0.05) is 35.9 Å². The van der Waals surface area contributed by atoms with Crippen LogP contribution >= 0.6 is 0 Å². The first-order valence-electron chi connectivity index (χ1n) is 14.2. The Balaban J connectivity index is 1.14. The average molecular weight is 549 g/mol. The van der Waals surface area contributed by atoms with Crippen molar-refractivity contribution >= 4 is 12.0 Å². The summed E-state index contributed by atoms with van der Waals surface area (Å²) in [6, 6.07) is 15.3. The molecular formula is C33H40O7. The number of hydrogen-bond acceptors (Lipinski definition) is 7. The Morgan fingerprint density at radius 3 is 2.40 bits per heavy atom. The third kappa shape index (κ3) is 6.50. The Morgan fingerprint density at radius 1 is 1.10 bits per heavy atom. The van der Waals surface area contributed by atoms with Gasteiger partial charge in [0.05, 0.1) is 31.3 Å². The van der Waals surface area contributed by atoms with Crippen molar-refractivity contribution in [1.29, 1.82) is 0 Å². The van der Waals surface area contributed by atoms with E-state index < -0.39 is 23.8 Å². The van der Waals surface area contributed by atoms with Crippen molar-refractivity contribution in [2.45, 2.75) is 83.1 Å². The van der Waals surface area contributed by atoms with Gasteiger partial charge in [0.15, 0.2) is 0 Å². The van der Waals surface area contributed by atoms with Crippen molar-refractivity contribution in [1.82, 2.24) is 0 Å². The fraction of sp³-hybridized carbons (Fsp3) is 0.485. The molecule has 7 heteroatoms. The van der Waals surface area contributed by atoms with Gasteiger partial charge < -0.3 is 28.8 Å². The maximum atomic E-state index is 12.7. The number of epoxide rings is 2. The summed E-state index contributed by atoms with van der Waals surface area (Å²) in [7, 11) is 0. The summed E-state index contributed by atoms with van der Waals surface area (Å²) in [6.07, 6.45) is 5.95. The van der Waals surface area contributed by atoms with E-state index in [9.17, 15) is 9.90 Å². The molecule has 40 heavy (non-hydrogen) atoms. The van der Waals surface area contributed by atoms with Gasteiger partial charge in [0, 0.05) is 12.7 Å². The summed E-state index contributed by atoms with van der Waals surface area (Å²) in [5, 5.41) is 11.3. The van der Waals surface area contributed by atoms with Crippen LogP contribution in [0.2, 0.25) is 0 Å². The van der Waals surface area contributed by atoms with E-state index in [1.165, 1.54) is 11.6 Å². The van der Waals surface area contributed by atoms with Gasteiger partial charge in [-0.15, -0.1) is 0 Å². The topological polar surface area (TPSA) is 90.1 Å². The summed E-state index contributed by atoms with van der Waals surface area (Å²) in [4.78, 5) is 12.7. The van der Waals surface area contributed by atoms with Crippen LogP contribution in [0.5, 0.6) is 11.5 Å². The number of ether oxygens (including phenoxy) is 5. The predicted octanol–water partition coefficient (Wildman–Crippen LogP) is 5.99. The van der Waals surface area contributed by atoms with Crippen LogP contribution in [-0.2, 0) is 30.3 Å². The van der Waals surface area contributed by atoms with Gasteiger partial charge >= 0.3 is 5.97 Å². The molecule has 214 valence electrons. The monoisotopic (exact) mass is 548 g/mol. The smallest absolute Gasteiger partial charge is 0.331 e. The summed E-state index contributed by atoms with van der Waals surface area (Å²) in [5.74, 6) is 0.720. The van der Waals surface area contributed by atoms with Crippen LogP contribution in [-0.4, -0.2) is 53.8 Å². The van der Waals surface area contributed by atoms with Crippen LogP contribution in [0.3, 0.4) is 0 Å². The number of aliphatic hydroxyl groups is 1. The third-order valence-corrected chi connectivity index (χ3v) is 8.18. The molecule has 2 aromatic rings. The SMILES string of the molecule is CCOCc1ccc(Oc2ccc(/C=C/C(=O)O[C@@H]3CC[C@]4(CO4)C([C@]4(C)OC4CC=C(C)C)[C@@H]3O)cc2)cc1. The van der Waals surface area contributed by atoms with E-state index >= 15 is 0 Å². The number of aliphatic hydroxyl groups excluding tert-OH is 1. The van der Waals surface area contributed by atoms with Gasteiger partial charge in [-0.25, -0.2) is 4.79 Å². The van der Waals surface area contributed by atoms with E-state index in [0.717, 1.165) is 29.7 Å². The highest BCUT2D eigenvalue weighted by Crippen LogP contribution is 2.59. The van der Waals surface area contributed by atoms with Crippen LogP contribution in [0.4, 0.5) is 0 Å². The zero-order chi connectivity index (χ0) is 28.3. The second-order valence-electron chi connectivity index (χ2n) is 11.4. The van der Waals surface area contributed by atoms with Gasteiger partial charge in [0.2, 0.25) is 0 Å². The van der Waals surface area contributed by atoms with Gasteiger partial charge in [-0.3, -0.25) is 0 Å². The Bertz CT molecular complexity index is 1220. The van der Waals surface area contributed by atoms with Crippen molar-refractivity contribution < 1.29 is 33.6 Å². The molecule has 2 aromatic carbocycles. The quantitative estimate of drug-likeness (QED) is 0.160. The predicted molar refractivity (Wildman–Crippen MR) is 152 cm³/mol. The van der Waals surface area contributed by atoms with Crippen molar-refractivity contribution in [2.24, 2.45) is 5.92 Å². The highest BCUT2D eigenvalue weighted by atomic mass is 16.6. The molecule has 0 amide bonds. The fourth-order valence-corrected chi connectivity index (χ4v) is 5.83. The van der Waals surface area contributed by atoms with Crippen molar-refractivity contribution in [3.8, 4) is 11.5 Å². The highest BCUT2D eigenvalue weighted by molar-refractivity contribution is 5.87. The summed E-state index contributed by atoms with van der Waals surface area (Å²) in [6.45, 7) is 10.0. The lowest BCUT2D eigenvalue weighted by atomic mass is 9.68. The first-order valence-corrected chi connectivity index (χ1v) is 14.2. The Hall–Kier alpha value is -2.97. The second kappa shape index (κ2) is 11.9. The number of hydrogen-bond donors (Lipinski definition) is 1. The lowest BCUT2D eigenvalue weighted by molar-refractivity contribution is -0.162. The standard InChI is InChI=1S/C33H40O7/c1-5-36-20-24-9-14-26(15-10-24)38-25-12-7-23(8-13-25)11-17-29(34)39-27-18-19-33(21-37-33)31(30(27)35)32(4)28(40-32)16-6-22(2)3/h6-15,17,27-28,30-31,35H,5,16,18-21H2,1-4H3/b17-11+/t27-,28?,30-,31?,32-,33+/m1/s1. The molecule has 1 saturated carbocycles. The molecule has 1 N–H and O–H groups in total. The Kier molecular flexibility index (Phi) is 8.47. The molecule has 2 heterocycles. The van der Waals surface area contributed by atoms with E-state index in [0.29, 0.717) is 32.0 Å². The zero-order valence-corrected chi connectivity index (χ0v) is 23.8. The molecule has 2 saturated heterocycles. The number of esters is 1. The average Bonchev–Trinajstić information content (AvgIpc) is 3.85. The lowest BCUT2D eigenvalue weighted by Gasteiger charge is -2.40. The van der Waals surface area contributed by atoms with E-state index in [4.69, 9.17) is 23.7 Å². The van der Waals surface area contributed by atoms with Crippen molar-refractivity contribution in [2.75, 3.05) is 13.2 Å². The minimum Gasteiger partial charge on any atom is -0.457 e. The fourth-order valence-electron chi connectivity index (χ4n) is 5.83. The first-order chi connectivity index (χ1) is 19.2. The van der Waals surface area contributed by atoms with Crippen LogP contribution < -0.4 is 4.74 Å². The zero-order valence-electron chi connectivity index (χ0n) is 23.8. The molecule has 2 aliphatic heterocycles. The van der Waals surface area contributed by atoms with E-state index in [1.807, 2.05) is 62.4 Å². The molecule has 1 spiro atoms. The number of rotatable bonds is 11. The van der Waals surface area contributed by atoms with Crippen molar-refractivity contribution in [3.05, 3.63) is 77.4 Å². The summed E-state index contributed by atoms with van der Waals surface area (Å²) in [5.41, 5.74) is 2.31. The molecule has 6 atom stereocenters. The largest absolute Gasteiger partial charge is 0.457 e. The molecule has 5 rings (SSSR count). The highest BCUT2D eigenvalue weighted by Gasteiger charge is 2.71. The van der Waals surface area contributed by atoms with E-state index in [1.54, 1.807) is 6.08 Å². The van der Waals surface area contributed by atoms with Crippen LogP contribution in [0.15, 0.2) is 66.3 Å². The molecule has 1 aliphatic carbocycles.